The van der Waals surface area contributed by atoms with Gasteiger partial charge in [0, 0.05) is 19.7 Å². The van der Waals surface area contributed by atoms with Crippen LogP contribution in [-0.2, 0) is 13.0 Å². The first-order valence-corrected chi connectivity index (χ1v) is 8.14. The number of rotatable bonds is 7. The Kier molecular flexibility index (Phi) is 6.16. The standard InChI is InChI=1S/C19H22N2O5/c1-5-13-6-8-14(9-7-13)12-20(2)19(22)15-10-17(25-3)18(26-4)11-16(15)21(23)24/h6-11H,5,12H2,1-4H3. The van der Waals surface area contributed by atoms with E-state index in [1.165, 1.54) is 36.8 Å². The van der Waals surface area contributed by atoms with Crippen LogP contribution in [0.25, 0.3) is 0 Å². The quantitative estimate of drug-likeness (QED) is 0.559. The van der Waals surface area contributed by atoms with E-state index in [9.17, 15) is 14.9 Å². The molecule has 0 unspecified atom stereocenters. The largest absolute Gasteiger partial charge is 0.493 e. The Morgan fingerprint density at radius 1 is 1.08 bits per heavy atom. The highest BCUT2D eigenvalue weighted by Gasteiger charge is 2.26. The third-order valence-electron chi connectivity index (χ3n) is 4.13. The van der Waals surface area contributed by atoms with E-state index in [0.717, 1.165) is 12.0 Å². The molecule has 26 heavy (non-hydrogen) atoms. The van der Waals surface area contributed by atoms with Gasteiger partial charge in [-0.25, -0.2) is 0 Å². The fraction of sp³-hybridized carbons (Fsp3) is 0.316. The second-order valence-corrected chi connectivity index (χ2v) is 5.81. The van der Waals surface area contributed by atoms with Gasteiger partial charge in [0.2, 0.25) is 0 Å². The molecule has 0 atom stereocenters. The molecule has 138 valence electrons. The SMILES string of the molecule is CCc1ccc(CN(C)C(=O)c2cc(OC)c(OC)cc2[N+](=O)[O-])cc1. The molecule has 7 nitrogen and oxygen atoms in total. The van der Waals surface area contributed by atoms with Gasteiger partial charge in [-0.2, -0.15) is 0 Å². The molecule has 2 rings (SSSR count). The zero-order chi connectivity index (χ0) is 19.3. The van der Waals surface area contributed by atoms with Crippen molar-refractivity contribution in [3.63, 3.8) is 0 Å². The number of hydrogen-bond acceptors (Lipinski definition) is 5. The normalized spacial score (nSPS) is 10.3. The predicted octanol–water partition coefficient (Wildman–Crippen LogP) is 3.45. The third kappa shape index (κ3) is 4.11. The Morgan fingerprint density at radius 2 is 1.62 bits per heavy atom. The van der Waals surface area contributed by atoms with Crippen molar-refractivity contribution in [3.8, 4) is 11.5 Å². The summed E-state index contributed by atoms with van der Waals surface area (Å²) < 4.78 is 10.3. The monoisotopic (exact) mass is 358 g/mol. The van der Waals surface area contributed by atoms with Gasteiger partial charge in [-0.15, -0.1) is 0 Å². The molecule has 0 aliphatic carbocycles. The van der Waals surface area contributed by atoms with Crippen LogP contribution in [0.2, 0.25) is 0 Å². The molecule has 0 aliphatic heterocycles. The van der Waals surface area contributed by atoms with Crippen molar-refractivity contribution in [2.24, 2.45) is 0 Å². The number of ether oxygens (including phenoxy) is 2. The summed E-state index contributed by atoms with van der Waals surface area (Å²) in [6, 6.07) is 10.5. The van der Waals surface area contributed by atoms with Gasteiger partial charge in [0.1, 0.15) is 5.56 Å². The number of amides is 1. The molecule has 0 aliphatic rings. The molecule has 0 bridgehead atoms. The lowest BCUT2D eigenvalue weighted by atomic mass is 10.1. The first-order valence-electron chi connectivity index (χ1n) is 8.14. The lowest BCUT2D eigenvalue weighted by molar-refractivity contribution is -0.385. The van der Waals surface area contributed by atoms with Crippen molar-refractivity contribution in [2.45, 2.75) is 19.9 Å². The zero-order valence-electron chi connectivity index (χ0n) is 15.3. The number of methoxy groups -OCH3 is 2. The highest BCUT2D eigenvalue weighted by Crippen LogP contribution is 2.35. The molecule has 0 spiro atoms. The van der Waals surface area contributed by atoms with E-state index in [-0.39, 0.29) is 22.7 Å². The first-order chi connectivity index (χ1) is 12.4. The van der Waals surface area contributed by atoms with Crippen molar-refractivity contribution >= 4 is 11.6 Å². The molecule has 0 aromatic heterocycles. The van der Waals surface area contributed by atoms with Crippen LogP contribution in [-0.4, -0.2) is 37.0 Å². The highest BCUT2D eigenvalue weighted by atomic mass is 16.6. The Labute approximate surface area is 152 Å². The molecular formula is C19H22N2O5. The van der Waals surface area contributed by atoms with Gasteiger partial charge < -0.3 is 14.4 Å². The fourth-order valence-corrected chi connectivity index (χ4v) is 2.62. The molecule has 0 N–H and O–H groups in total. The molecule has 0 fully saturated rings. The Balaban J connectivity index is 2.32. The molecule has 0 saturated carbocycles. The summed E-state index contributed by atoms with van der Waals surface area (Å²) in [6.07, 6.45) is 0.937. The Morgan fingerprint density at radius 3 is 2.12 bits per heavy atom. The van der Waals surface area contributed by atoms with Gasteiger partial charge in [-0.05, 0) is 17.5 Å². The molecule has 0 saturated heterocycles. The van der Waals surface area contributed by atoms with Gasteiger partial charge in [0.25, 0.3) is 11.6 Å². The van der Waals surface area contributed by atoms with Crippen LogP contribution in [0.15, 0.2) is 36.4 Å². The predicted molar refractivity (Wildman–Crippen MR) is 97.8 cm³/mol. The summed E-state index contributed by atoms with van der Waals surface area (Å²) in [5, 5.41) is 11.4. The first kappa shape index (κ1) is 19.2. The maximum atomic E-state index is 12.8. The van der Waals surface area contributed by atoms with Gasteiger partial charge in [-0.1, -0.05) is 31.2 Å². The minimum atomic E-state index is -0.598. The van der Waals surface area contributed by atoms with E-state index in [2.05, 4.69) is 6.92 Å². The van der Waals surface area contributed by atoms with E-state index in [0.29, 0.717) is 6.54 Å². The van der Waals surface area contributed by atoms with Crippen molar-refractivity contribution in [2.75, 3.05) is 21.3 Å². The molecule has 2 aromatic carbocycles. The summed E-state index contributed by atoms with van der Waals surface area (Å²) in [7, 11) is 4.41. The fourth-order valence-electron chi connectivity index (χ4n) is 2.62. The van der Waals surface area contributed by atoms with Crippen LogP contribution >= 0.6 is 0 Å². The summed E-state index contributed by atoms with van der Waals surface area (Å²) in [5.41, 5.74) is 1.79. The number of nitro benzene ring substituents is 1. The van der Waals surface area contributed by atoms with Crippen LogP contribution in [0, 0.1) is 10.1 Å². The number of nitro groups is 1. The average molecular weight is 358 g/mol. The number of hydrogen-bond donors (Lipinski definition) is 0. The van der Waals surface area contributed by atoms with Crippen molar-refractivity contribution in [1.82, 2.24) is 4.90 Å². The Hall–Kier alpha value is -3.09. The number of carbonyl (C=O) groups excluding carboxylic acids is 1. The summed E-state index contributed by atoms with van der Waals surface area (Å²) in [5.74, 6) is 0.00734. The van der Waals surface area contributed by atoms with Crippen molar-refractivity contribution < 1.29 is 19.2 Å². The van der Waals surface area contributed by atoms with E-state index in [4.69, 9.17) is 9.47 Å². The highest BCUT2D eigenvalue weighted by molar-refractivity contribution is 5.98. The molecule has 0 radical (unpaired) electrons. The molecule has 2 aromatic rings. The summed E-state index contributed by atoms with van der Waals surface area (Å²) in [6.45, 7) is 2.41. The zero-order valence-corrected chi connectivity index (χ0v) is 15.3. The van der Waals surface area contributed by atoms with Crippen molar-refractivity contribution in [1.29, 1.82) is 0 Å². The van der Waals surface area contributed by atoms with Crippen molar-refractivity contribution in [3.05, 3.63) is 63.2 Å². The molecule has 0 heterocycles. The van der Waals surface area contributed by atoms with E-state index < -0.39 is 10.8 Å². The maximum absolute atomic E-state index is 12.8. The number of aryl methyl sites for hydroxylation is 1. The lowest BCUT2D eigenvalue weighted by Crippen LogP contribution is -2.27. The van der Waals surface area contributed by atoms with Crippen LogP contribution in [0.5, 0.6) is 11.5 Å². The van der Waals surface area contributed by atoms with E-state index in [1.807, 2.05) is 24.3 Å². The summed E-state index contributed by atoms with van der Waals surface area (Å²) >= 11 is 0. The van der Waals surface area contributed by atoms with E-state index in [1.54, 1.807) is 7.05 Å². The minimum absolute atomic E-state index is 0.0414. The second kappa shape index (κ2) is 8.33. The number of carbonyl (C=O) groups is 1. The third-order valence-corrected chi connectivity index (χ3v) is 4.13. The Bertz CT molecular complexity index is 802. The molecule has 7 heteroatoms. The average Bonchev–Trinajstić information content (AvgIpc) is 2.66. The molecular weight excluding hydrogens is 336 g/mol. The second-order valence-electron chi connectivity index (χ2n) is 5.81. The van der Waals surface area contributed by atoms with Gasteiger partial charge >= 0.3 is 0 Å². The smallest absolute Gasteiger partial charge is 0.286 e. The van der Waals surface area contributed by atoms with Gasteiger partial charge in [-0.3, -0.25) is 14.9 Å². The maximum Gasteiger partial charge on any atom is 0.286 e. The van der Waals surface area contributed by atoms with Crippen LogP contribution in [0.3, 0.4) is 0 Å². The van der Waals surface area contributed by atoms with Crippen LogP contribution in [0.4, 0.5) is 5.69 Å². The minimum Gasteiger partial charge on any atom is -0.493 e. The van der Waals surface area contributed by atoms with Gasteiger partial charge in [0.05, 0.1) is 25.2 Å². The lowest BCUT2D eigenvalue weighted by Gasteiger charge is -2.18. The van der Waals surface area contributed by atoms with Gasteiger partial charge in [0.15, 0.2) is 11.5 Å². The number of nitrogens with zero attached hydrogens (tertiary/aromatic N) is 2. The van der Waals surface area contributed by atoms with Crippen LogP contribution < -0.4 is 9.47 Å². The number of benzene rings is 2. The van der Waals surface area contributed by atoms with E-state index >= 15 is 0 Å². The topological polar surface area (TPSA) is 81.9 Å². The molecule has 1 amide bonds. The summed E-state index contributed by atoms with van der Waals surface area (Å²) in [4.78, 5) is 25.0. The van der Waals surface area contributed by atoms with Crippen LogP contribution in [0.1, 0.15) is 28.4 Å².